The van der Waals surface area contributed by atoms with Gasteiger partial charge >= 0.3 is 0 Å². The van der Waals surface area contributed by atoms with E-state index in [-0.39, 0.29) is 11.9 Å². The van der Waals surface area contributed by atoms with Gasteiger partial charge in [0.25, 0.3) is 5.91 Å². The first-order valence-corrected chi connectivity index (χ1v) is 8.72. The number of anilines is 2. The molecule has 0 saturated heterocycles. The highest BCUT2D eigenvalue weighted by molar-refractivity contribution is 5.94. The minimum atomic E-state index is -0.0562. The van der Waals surface area contributed by atoms with Crippen molar-refractivity contribution in [2.75, 3.05) is 5.32 Å². The molecule has 0 saturated carbocycles. The van der Waals surface area contributed by atoms with Gasteiger partial charge in [-0.05, 0) is 43.7 Å². The van der Waals surface area contributed by atoms with E-state index < -0.39 is 0 Å². The summed E-state index contributed by atoms with van der Waals surface area (Å²) in [5, 5.41) is 6.21. The fourth-order valence-corrected chi connectivity index (χ4v) is 2.42. The third-order valence-electron chi connectivity index (χ3n) is 4.10. The Bertz CT molecular complexity index is 863. The Morgan fingerprint density at radius 3 is 2.46 bits per heavy atom. The smallest absolute Gasteiger partial charge is 0.251 e. The van der Waals surface area contributed by atoms with Crippen molar-refractivity contribution in [1.82, 2.24) is 15.3 Å². The summed E-state index contributed by atoms with van der Waals surface area (Å²) in [6.45, 7) is 4.04. The average Bonchev–Trinajstić information content (AvgIpc) is 2.69. The van der Waals surface area contributed by atoms with E-state index in [1.54, 1.807) is 18.3 Å². The van der Waals surface area contributed by atoms with Crippen LogP contribution in [-0.4, -0.2) is 21.9 Å². The van der Waals surface area contributed by atoms with Crippen molar-refractivity contribution in [3.8, 4) is 11.4 Å². The molecule has 2 aromatic carbocycles. The quantitative estimate of drug-likeness (QED) is 0.693. The number of nitrogens with one attached hydrogen (secondary N) is 2. The Balaban J connectivity index is 1.71. The van der Waals surface area contributed by atoms with Gasteiger partial charge < -0.3 is 10.6 Å². The van der Waals surface area contributed by atoms with Crippen molar-refractivity contribution in [3.63, 3.8) is 0 Å². The Kier molecular flexibility index (Phi) is 5.59. The second-order valence-electron chi connectivity index (χ2n) is 6.12. The predicted octanol–water partition coefficient (Wildman–Crippen LogP) is 4.42. The van der Waals surface area contributed by atoms with Gasteiger partial charge in [-0.2, -0.15) is 0 Å². The lowest BCUT2D eigenvalue weighted by Gasteiger charge is -2.12. The molecule has 0 spiro atoms. The van der Waals surface area contributed by atoms with Crippen LogP contribution in [0.25, 0.3) is 11.4 Å². The van der Waals surface area contributed by atoms with Gasteiger partial charge in [0.05, 0.1) is 0 Å². The largest absolute Gasteiger partial charge is 0.350 e. The number of aromatic nitrogens is 2. The van der Waals surface area contributed by atoms with Crippen LogP contribution in [0.2, 0.25) is 0 Å². The number of hydrogen-bond acceptors (Lipinski definition) is 4. The van der Waals surface area contributed by atoms with Gasteiger partial charge in [0.15, 0.2) is 5.82 Å². The molecule has 0 unspecified atom stereocenters. The molecular formula is C21H22N4O. The molecule has 132 valence electrons. The maximum atomic E-state index is 12.1. The Morgan fingerprint density at radius 1 is 1.04 bits per heavy atom. The molecule has 5 nitrogen and oxygen atoms in total. The molecule has 3 aromatic rings. The Morgan fingerprint density at radius 2 is 1.77 bits per heavy atom. The van der Waals surface area contributed by atoms with Crippen LogP contribution in [0.4, 0.5) is 11.5 Å². The summed E-state index contributed by atoms with van der Waals surface area (Å²) in [5.41, 5.74) is 2.47. The molecule has 0 bridgehead atoms. The van der Waals surface area contributed by atoms with Crippen LogP contribution in [0, 0.1) is 0 Å². The molecule has 5 heteroatoms. The number of carbonyl (C=O) groups is 1. The summed E-state index contributed by atoms with van der Waals surface area (Å²) in [5.74, 6) is 1.31. The zero-order valence-electron chi connectivity index (χ0n) is 14.9. The van der Waals surface area contributed by atoms with E-state index in [4.69, 9.17) is 0 Å². The van der Waals surface area contributed by atoms with E-state index in [1.165, 1.54) is 0 Å². The van der Waals surface area contributed by atoms with E-state index in [2.05, 4.69) is 20.6 Å². The molecule has 3 rings (SSSR count). The van der Waals surface area contributed by atoms with Crippen LogP contribution >= 0.6 is 0 Å². The molecule has 0 aliphatic carbocycles. The number of nitrogens with zero attached hydrogens (tertiary/aromatic N) is 2. The zero-order chi connectivity index (χ0) is 18.4. The summed E-state index contributed by atoms with van der Waals surface area (Å²) in [6, 6.07) is 19.2. The zero-order valence-corrected chi connectivity index (χ0v) is 14.9. The van der Waals surface area contributed by atoms with Crippen molar-refractivity contribution >= 4 is 17.4 Å². The molecule has 1 amide bonds. The van der Waals surface area contributed by atoms with Gasteiger partial charge in [0.1, 0.15) is 5.82 Å². The second kappa shape index (κ2) is 8.25. The normalized spacial score (nSPS) is 11.6. The molecule has 0 fully saturated rings. The molecule has 2 N–H and O–H groups in total. The van der Waals surface area contributed by atoms with Crippen LogP contribution in [0.15, 0.2) is 66.9 Å². The van der Waals surface area contributed by atoms with Gasteiger partial charge in [-0.3, -0.25) is 4.79 Å². The third-order valence-corrected chi connectivity index (χ3v) is 4.10. The van der Waals surface area contributed by atoms with Crippen LogP contribution in [0.1, 0.15) is 30.6 Å². The summed E-state index contributed by atoms with van der Waals surface area (Å²) in [7, 11) is 0. The van der Waals surface area contributed by atoms with Crippen molar-refractivity contribution in [3.05, 3.63) is 72.4 Å². The molecule has 26 heavy (non-hydrogen) atoms. The van der Waals surface area contributed by atoms with Crippen molar-refractivity contribution < 1.29 is 4.79 Å². The fraction of sp³-hybridized carbons (Fsp3) is 0.190. The van der Waals surface area contributed by atoms with Gasteiger partial charge in [0, 0.05) is 29.1 Å². The predicted molar refractivity (Wildman–Crippen MR) is 104 cm³/mol. The Labute approximate surface area is 153 Å². The van der Waals surface area contributed by atoms with Crippen LogP contribution in [0.5, 0.6) is 0 Å². The van der Waals surface area contributed by atoms with Gasteiger partial charge in [-0.1, -0.05) is 37.3 Å². The molecule has 1 atom stereocenters. The second-order valence-corrected chi connectivity index (χ2v) is 6.12. The first-order chi connectivity index (χ1) is 12.7. The number of benzene rings is 2. The van der Waals surface area contributed by atoms with E-state index in [9.17, 15) is 4.79 Å². The lowest BCUT2D eigenvalue weighted by atomic mass is 10.1. The first-order valence-electron chi connectivity index (χ1n) is 8.72. The highest BCUT2D eigenvalue weighted by Crippen LogP contribution is 2.19. The van der Waals surface area contributed by atoms with Crippen molar-refractivity contribution in [2.45, 2.75) is 26.3 Å². The minimum absolute atomic E-state index is 0.0562. The molecule has 0 aliphatic heterocycles. The monoisotopic (exact) mass is 346 g/mol. The van der Waals surface area contributed by atoms with Crippen molar-refractivity contribution in [1.29, 1.82) is 0 Å². The van der Waals surface area contributed by atoms with Crippen LogP contribution in [-0.2, 0) is 0 Å². The highest BCUT2D eigenvalue weighted by Gasteiger charge is 2.08. The fourth-order valence-electron chi connectivity index (χ4n) is 2.42. The molecule has 0 radical (unpaired) electrons. The molecule has 1 aromatic heterocycles. The van der Waals surface area contributed by atoms with Gasteiger partial charge in [-0.25, -0.2) is 9.97 Å². The average molecular weight is 346 g/mol. The SMILES string of the molecule is CC[C@@H](C)NC(=O)c1ccc(Nc2ccnc(-c3ccccc3)n2)cc1. The minimum Gasteiger partial charge on any atom is -0.350 e. The van der Waals surface area contributed by atoms with Crippen molar-refractivity contribution in [2.24, 2.45) is 0 Å². The lowest BCUT2D eigenvalue weighted by Crippen LogP contribution is -2.31. The number of amides is 1. The number of rotatable bonds is 6. The summed E-state index contributed by atoms with van der Waals surface area (Å²) >= 11 is 0. The summed E-state index contributed by atoms with van der Waals surface area (Å²) < 4.78 is 0. The molecule has 1 heterocycles. The lowest BCUT2D eigenvalue weighted by molar-refractivity contribution is 0.0939. The maximum absolute atomic E-state index is 12.1. The highest BCUT2D eigenvalue weighted by atomic mass is 16.1. The van der Waals surface area contributed by atoms with E-state index in [0.717, 1.165) is 17.7 Å². The summed E-state index contributed by atoms with van der Waals surface area (Å²) in [4.78, 5) is 21.0. The van der Waals surface area contributed by atoms with E-state index >= 15 is 0 Å². The maximum Gasteiger partial charge on any atom is 0.251 e. The third kappa shape index (κ3) is 4.45. The van der Waals surface area contributed by atoms with Gasteiger partial charge in [0.2, 0.25) is 0 Å². The molecule has 0 aliphatic rings. The van der Waals surface area contributed by atoms with E-state index in [1.807, 2.05) is 62.4 Å². The number of hydrogen-bond donors (Lipinski definition) is 2. The molecular weight excluding hydrogens is 324 g/mol. The van der Waals surface area contributed by atoms with Gasteiger partial charge in [-0.15, -0.1) is 0 Å². The van der Waals surface area contributed by atoms with Crippen LogP contribution < -0.4 is 10.6 Å². The first kappa shape index (κ1) is 17.6. The standard InChI is InChI=1S/C21H22N4O/c1-3-15(2)23-21(26)17-9-11-18(12-10-17)24-19-13-14-22-20(25-19)16-7-5-4-6-8-16/h4-15H,3H2,1-2H3,(H,23,26)(H,22,24,25)/t15-/m1/s1. The number of carbonyl (C=O) groups excluding carboxylic acids is 1. The summed E-state index contributed by atoms with van der Waals surface area (Å²) in [6.07, 6.45) is 2.63. The topological polar surface area (TPSA) is 66.9 Å². The van der Waals surface area contributed by atoms with Crippen LogP contribution in [0.3, 0.4) is 0 Å². The van der Waals surface area contributed by atoms with E-state index in [0.29, 0.717) is 17.2 Å². The Hall–Kier alpha value is -3.21.